The Kier molecular flexibility index (Phi) is 5.29. The lowest BCUT2D eigenvalue weighted by Gasteiger charge is -2.17. The van der Waals surface area contributed by atoms with Crippen LogP contribution in [0.3, 0.4) is 0 Å². The molecule has 0 bridgehead atoms. The Morgan fingerprint density at radius 2 is 1.80 bits per heavy atom. The maximum absolute atomic E-state index is 12.8. The number of hydrogen-bond donors (Lipinski definition) is 1. The lowest BCUT2D eigenvalue weighted by atomic mass is 10.2. The maximum Gasteiger partial charge on any atom is 0.235 e. The molecule has 1 amide bonds. The standard InChI is InChI=1S/C17H17FN2O3S2/c18-13-2-8-16(9-3-13)24-12-17(21)19-14-4-6-15(7-5-14)20-10-1-11-25(20,22)23/h2-9H,1,10-12H2,(H,19,21). The van der Waals surface area contributed by atoms with Crippen LogP contribution >= 0.6 is 11.8 Å². The Hall–Kier alpha value is -2.06. The summed E-state index contributed by atoms with van der Waals surface area (Å²) in [6.45, 7) is 0.488. The highest BCUT2D eigenvalue weighted by atomic mass is 32.2. The number of rotatable bonds is 5. The minimum atomic E-state index is -3.20. The Balaban J connectivity index is 1.56. The molecular weight excluding hydrogens is 363 g/mol. The summed E-state index contributed by atoms with van der Waals surface area (Å²) in [6, 6.07) is 12.7. The summed E-state index contributed by atoms with van der Waals surface area (Å²) in [4.78, 5) is 12.8. The molecule has 1 aliphatic heterocycles. The first-order chi connectivity index (χ1) is 11.9. The highest BCUT2D eigenvalue weighted by Gasteiger charge is 2.28. The van der Waals surface area contributed by atoms with Gasteiger partial charge in [0.1, 0.15) is 5.82 Å². The van der Waals surface area contributed by atoms with Gasteiger partial charge in [-0.15, -0.1) is 11.8 Å². The molecule has 0 spiro atoms. The quantitative estimate of drug-likeness (QED) is 0.810. The highest BCUT2D eigenvalue weighted by molar-refractivity contribution is 8.00. The van der Waals surface area contributed by atoms with E-state index in [-0.39, 0.29) is 23.2 Å². The predicted octanol–water partition coefficient (Wildman–Crippen LogP) is 3.10. The number of nitrogens with one attached hydrogen (secondary N) is 1. The molecule has 1 heterocycles. The van der Waals surface area contributed by atoms with E-state index in [1.807, 2.05) is 0 Å². The molecule has 0 unspecified atom stereocenters. The van der Waals surface area contributed by atoms with Crippen molar-refractivity contribution in [2.75, 3.05) is 27.7 Å². The second kappa shape index (κ2) is 7.45. The van der Waals surface area contributed by atoms with Crippen LogP contribution < -0.4 is 9.62 Å². The van der Waals surface area contributed by atoms with E-state index >= 15 is 0 Å². The SMILES string of the molecule is O=C(CSc1ccc(F)cc1)Nc1ccc(N2CCCS2(=O)=O)cc1. The maximum atomic E-state index is 12.8. The van der Waals surface area contributed by atoms with E-state index in [2.05, 4.69) is 5.32 Å². The molecule has 0 radical (unpaired) electrons. The molecule has 3 rings (SSSR count). The first kappa shape index (κ1) is 17.8. The van der Waals surface area contributed by atoms with Crippen molar-refractivity contribution in [3.63, 3.8) is 0 Å². The monoisotopic (exact) mass is 380 g/mol. The number of hydrogen-bond acceptors (Lipinski definition) is 4. The molecule has 1 N–H and O–H groups in total. The van der Waals surface area contributed by atoms with Gasteiger partial charge >= 0.3 is 0 Å². The van der Waals surface area contributed by atoms with E-state index in [4.69, 9.17) is 0 Å². The minimum absolute atomic E-state index is 0.173. The van der Waals surface area contributed by atoms with Gasteiger partial charge in [0.2, 0.25) is 15.9 Å². The van der Waals surface area contributed by atoms with Crippen molar-refractivity contribution in [3.8, 4) is 0 Å². The number of halogens is 1. The average Bonchev–Trinajstić information content (AvgIpc) is 2.94. The van der Waals surface area contributed by atoms with Gasteiger partial charge in [0, 0.05) is 17.1 Å². The number of sulfonamides is 1. The molecule has 2 aromatic rings. The van der Waals surface area contributed by atoms with Gasteiger partial charge in [-0.3, -0.25) is 9.10 Å². The number of carbonyl (C=O) groups is 1. The van der Waals surface area contributed by atoms with Crippen molar-refractivity contribution in [3.05, 3.63) is 54.3 Å². The van der Waals surface area contributed by atoms with Gasteiger partial charge in [0.05, 0.1) is 17.2 Å². The van der Waals surface area contributed by atoms with Crippen LogP contribution in [0.15, 0.2) is 53.4 Å². The van der Waals surface area contributed by atoms with Crippen LogP contribution in [0.5, 0.6) is 0 Å². The third kappa shape index (κ3) is 4.52. The second-order valence-corrected chi connectivity index (χ2v) is 8.64. The fraction of sp³-hybridized carbons (Fsp3) is 0.235. The number of anilines is 2. The van der Waals surface area contributed by atoms with E-state index in [0.29, 0.717) is 24.3 Å². The first-order valence-corrected chi connectivity index (χ1v) is 10.3. The molecule has 0 saturated carbocycles. The number of amides is 1. The molecule has 25 heavy (non-hydrogen) atoms. The Labute approximate surface area is 150 Å². The normalized spacial score (nSPS) is 16.0. The summed E-state index contributed by atoms with van der Waals surface area (Å²) in [5, 5.41) is 2.76. The molecule has 1 fully saturated rings. The zero-order chi connectivity index (χ0) is 17.9. The molecule has 8 heteroatoms. The minimum Gasteiger partial charge on any atom is -0.325 e. The van der Waals surface area contributed by atoms with Crippen LogP contribution in [0.25, 0.3) is 0 Å². The van der Waals surface area contributed by atoms with E-state index < -0.39 is 10.0 Å². The Morgan fingerprint density at radius 1 is 1.12 bits per heavy atom. The van der Waals surface area contributed by atoms with Crippen molar-refractivity contribution in [1.29, 1.82) is 0 Å². The van der Waals surface area contributed by atoms with Crippen LogP contribution in [0.1, 0.15) is 6.42 Å². The number of carbonyl (C=O) groups excluding carboxylic acids is 1. The molecular formula is C17H17FN2O3S2. The van der Waals surface area contributed by atoms with E-state index in [0.717, 1.165) is 4.90 Å². The molecule has 2 aromatic carbocycles. The number of nitrogens with zero attached hydrogens (tertiary/aromatic N) is 1. The van der Waals surface area contributed by atoms with Crippen LogP contribution in [0.4, 0.5) is 15.8 Å². The topological polar surface area (TPSA) is 66.5 Å². The zero-order valence-electron chi connectivity index (χ0n) is 13.3. The van der Waals surface area contributed by atoms with Gasteiger partial charge in [-0.1, -0.05) is 0 Å². The summed E-state index contributed by atoms with van der Waals surface area (Å²) in [6.07, 6.45) is 0.626. The van der Waals surface area contributed by atoms with Crippen molar-refractivity contribution in [2.45, 2.75) is 11.3 Å². The molecule has 0 aliphatic carbocycles. The summed E-state index contributed by atoms with van der Waals surface area (Å²) in [7, 11) is -3.20. The first-order valence-electron chi connectivity index (χ1n) is 7.73. The largest absolute Gasteiger partial charge is 0.325 e. The van der Waals surface area contributed by atoms with Gasteiger partial charge in [0.25, 0.3) is 0 Å². The second-order valence-electron chi connectivity index (χ2n) is 5.58. The van der Waals surface area contributed by atoms with Crippen LogP contribution in [-0.4, -0.2) is 32.4 Å². The van der Waals surface area contributed by atoms with E-state index in [1.54, 1.807) is 36.4 Å². The highest BCUT2D eigenvalue weighted by Crippen LogP contribution is 2.25. The van der Waals surface area contributed by atoms with Crippen LogP contribution in [0.2, 0.25) is 0 Å². The molecule has 1 aliphatic rings. The summed E-state index contributed by atoms with van der Waals surface area (Å²) in [5.74, 6) is -0.121. The molecule has 5 nitrogen and oxygen atoms in total. The van der Waals surface area contributed by atoms with Crippen molar-refractivity contribution < 1.29 is 17.6 Å². The fourth-order valence-corrected chi connectivity index (χ4v) is 4.78. The van der Waals surface area contributed by atoms with Crippen LogP contribution in [0, 0.1) is 5.82 Å². The smallest absolute Gasteiger partial charge is 0.235 e. The Bertz CT molecular complexity index is 852. The zero-order valence-corrected chi connectivity index (χ0v) is 14.9. The molecule has 1 saturated heterocycles. The van der Waals surface area contributed by atoms with Crippen LogP contribution in [-0.2, 0) is 14.8 Å². The predicted molar refractivity (Wildman–Crippen MR) is 97.9 cm³/mol. The third-order valence-electron chi connectivity index (χ3n) is 3.72. The molecule has 0 atom stereocenters. The lowest BCUT2D eigenvalue weighted by Crippen LogP contribution is -2.25. The summed E-state index contributed by atoms with van der Waals surface area (Å²) < 4.78 is 38.0. The van der Waals surface area contributed by atoms with E-state index in [9.17, 15) is 17.6 Å². The lowest BCUT2D eigenvalue weighted by molar-refractivity contribution is -0.113. The number of thioether (sulfide) groups is 1. The van der Waals surface area contributed by atoms with Gasteiger partial charge in [-0.2, -0.15) is 0 Å². The van der Waals surface area contributed by atoms with Gasteiger partial charge in [-0.25, -0.2) is 12.8 Å². The molecule has 0 aromatic heterocycles. The van der Waals surface area contributed by atoms with Crippen molar-refractivity contribution in [2.24, 2.45) is 0 Å². The summed E-state index contributed by atoms with van der Waals surface area (Å²) >= 11 is 1.31. The van der Waals surface area contributed by atoms with Crippen molar-refractivity contribution in [1.82, 2.24) is 0 Å². The Morgan fingerprint density at radius 3 is 2.40 bits per heavy atom. The average molecular weight is 380 g/mol. The van der Waals surface area contributed by atoms with Gasteiger partial charge < -0.3 is 5.32 Å². The summed E-state index contributed by atoms with van der Waals surface area (Å²) in [5.41, 5.74) is 1.21. The van der Waals surface area contributed by atoms with Gasteiger partial charge in [0.15, 0.2) is 0 Å². The van der Waals surface area contributed by atoms with Gasteiger partial charge in [-0.05, 0) is 55.0 Å². The van der Waals surface area contributed by atoms with E-state index in [1.165, 1.54) is 28.2 Å². The third-order valence-corrected chi connectivity index (χ3v) is 6.60. The van der Waals surface area contributed by atoms with Crippen molar-refractivity contribution >= 4 is 39.1 Å². The fourth-order valence-electron chi connectivity index (χ4n) is 2.52. The molecule has 132 valence electrons. The number of benzene rings is 2.